The number of thiophene rings is 2. The van der Waals surface area contributed by atoms with E-state index in [4.69, 9.17) is 23.2 Å². The van der Waals surface area contributed by atoms with Gasteiger partial charge in [-0.3, -0.25) is 9.59 Å². The average molecular weight is 447 g/mol. The number of benzene rings is 2. The Hall–Kier alpha value is -2.38. The van der Waals surface area contributed by atoms with Crippen molar-refractivity contribution >= 4 is 79.2 Å². The van der Waals surface area contributed by atoms with Crippen molar-refractivity contribution in [3.05, 3.63) is 79.8 Å². The summed E-state index contributed by atoms with van der Waals surface area (Å²) in [5, 5.41) is 9.29. The molecular formula is C20H12Cl2N2O2S2. The van der Waals surface area contributed by atoms with E-state index in [0.29, 0.717) is 31.2 Å². The summed E-state index contributed by atoms with van der Waals surface area (Å²) in [4.78, 5) is 25.8. The Kier molecular flexibility index (Phi) is 5.37. The summed E-state index contributed by atoms with van der Waals surface area (Å²) in [6.07, 6.45) is 0. The molecule has 4 nitrogen and oxygen atoms in total. The minimum atomic E-state index is -0.294. The number of carbonyl (C=O) groups excluding carboxylic acids is 2. The number of halogens is 2. The molecule has 2 N–H and O–H groups in total. The van der Waals surface area contributed by atoms with E-state index in [-0.39, 0.29) is 11.8 Å². The third-order valence-corrected chi connectivity index (χ3v) is 6.70. The smallest absolute Gasteiger partial charge is 0.267 e. The number of nitrogens with one attached hydrogen (secondary N) is 2. The summed E-state index contributed by atoms with van der Waals surface area (Å²) in [5.74, 6) is -0.458. The summed E-state index contributed by atoms with van der Waals surface area (Å²) in [5.41, 5.74) is 1.25. The first-order valence-electron chi connectivity index (χ1n) is 8.15. The molecule has 0 aliphatic carbocycles. The van der Waals surface area contributed by atoms with Crippen molar-refractivity contribution in [3.63, 3.8) is 0 Å². The van der Waals surface area contributed by atoms with Crippen LogP contribution in [-0.2, 0) is 0 Å². The van der Waals surface area contributed by atoms with Gasteiger partial charge in [0, 0.05) is 26.5 Å². The Labute approximate surface area is 178 Å². The van der Waals surface area contributed by atoms with Gasteiger partial charge in [-0.1, -0.05) is 35.3 Å². The van der Waals surface area contributed by atoms with E-state index >= 15 is 0 Å². The predicted molar refractivity (Wildman–Crippen MR) is 119 cm³/mol. The molecule has 8 heteroatoms. The van der Waals surface area contributed by atoms with Crippen LogP contribution >= 0.6 is 45.9 Å². The van der Waals surface area contributed by atoms with Gasteiger partial charge in [-0.15, -0.1) is 22.7 Å². The van der Waals surface area contributed by atoms with Crippen LogP contribution in [0.15, 0.2) is 60.0 Å². The van der Waals surface area contributed by atoms with Crippen LogP contribution in [0.2, 0.25) is 10.0 Å². The highest BCUT2D eigenvalue weighted by molar-refractivity contribution is 7.21. The van der Waals surface area contributed by atoms with Crippen molar-refractivity contribution in [1.82, 2.24) is 0 Å². The van der Waals surface area contributed by atoms with Crippen LogP contribution in [0.25, 0.3) is 10.1 Å². The topological polar surface area (TPSA) is 58.2 Å². The molecular weight excluding hydrogens is 435 g/mol. The third kappa shape index (κ3) is 3.91. The van der Waals surface area contributed by atoms with Gasteiger partial charge in [0.05, 0.1) is 9.90 Å². The lowest BCUT2D eigenvalue weighted by Gasteiger charge is -2.07. The van der Waals surface area contributed by atoms with Crippen LogP contribution in [0, 0.1) is 0 Å². The van der Waals surface area contributed by atoms with Gasteiger partial charge in [-0.05, 0) is 47.8 Å². The number of carbonyl (C=O) groups is 2. The Bertz CT molecular complexity index is 1170. The Morgan fingerprint density at radius 2 is 1.54 bits per heavy atom. The molecule has 0 aliphatic heterocycles. The molecule has 0 fully saturated rings. The number of amides is 2. The fourth-order valence-corrected chi connectivity index (χ4v) is 4.92. The van der Waals surface area contributed by atoms with E-state index < -0.39 is 0 Å². The van der Waals surface area contributed by atoms with Gasteiger partial charge in [0.1, 0.15) is 4.88 Å². The lowest BCUT2D eigenvalue weighted by molar-refractivity contribution is 0.102. The van der Waals surface area contributed by atoms with E-state index in [1.807, 2.05) is 11.4 Å². The van der Waals surface area contributed by atoms with Crippen LogP contribution < -0.4 is 10.6 Å². The summed E-state index contributed by atoms with van der Waals surface area (Å²) < 4.78 is 0.856. The maximum Gasteiger partial charge on any atom is 0.267 e. The van der Waals surface area contributed by atoms with Crippen molar-refractivity contribution in [2.24, 2.45) is 0 Å². The average Bonchev–Trinajstić information content (AvgIpc) is 3.32. The molecule has 140 valence electrons. The monoisotopic (exact) mass is 446 g/mol. The SMILES string of the molecule is O=C(Nc1ccc(NC(=O)c2sc3cc(Cl)ccc3c2Cl)cc1)c1cccs1. The Balaban J connectivity index is 1.48. The largest absolute Gasteiger partial charge is 0.321 e. The molecule has 0 bridgehead atoms. The first-order chi connectivity index (χ1) is 13.5. The molecule has 2 aromatic heterocycles. The predicted octanol–water partition coefficient (Wildman–Crippen LogP) is 6.77. The molecule has 4 rings (SSSR count). The molecule has 2 heterocycles. The van der Waals surface area contributed by atoms with Gasteiger partial charge in [0.2, 0.25) is 0 Å². The molecule has 0 aliphatic rings. The van der Waals surface area contributed by atoms with Crippen LogP contribution in [0.1, 0.15) is 19.3 Å². The second-order valence-electron chi connectivity index (χ2n) is 5.85. The molecule has 2 amide bonds. The zero-order valence-electron chi connectivity index (χ0n) is 14.2. The van der Waals surface area contributed by atoms with Gasteiger partial charge in [0.15, 0.2) is 0 Å². The molecule has 2 aromatic carbocycles. The molecule has 0 saturated heterocycles. The molecule has 0 radical (unpaired) electrons. The molecule has 28 heavy (non-hydrogen) atoms. The van der Waals surface area contributed by atoms with Gasteiger partial charge in [-0.2, -0.15) is 0 Å². The van der Waals surface area contributed by atoms with Crippen LogP contribution in [0.4, 0.5) is 11.4 Å². The standard InChI is InChI=1S/C20H12Cl2N2O2S2/c21-11-3-8-14-16(10-11)28-18(17(14)22)20(26)24-13-6-4-12(5-7-13)23-19(25)15-2-1-9-27-15/h1-10H,(H,23,25)(H,24,26). The minimum Gasteiger partial charge on any atom is -0.321 e. The zero-order valence-corrected chi connectivity index (χ0v) is 17.3. The summed E-state index contributed by atoms with van der Waals surface area (Å²) in [6.45, 7) is 0. The van der Waals surface area contributed by atoms with Crippen molar-refractivity contribution in [3.8, 4) is 0 Å². The van der Waals surface area contributed by atoms with E-state index in [9.17, 15) is 9.59 Å². The molecule has 0 unspecified atom stereocenters. The zero-order chi connectivity index (χ0) is 19.7. The van der Waals surface area contributed by atoms with Crippen LogP contribution in [0.3, 0.4) is 0 Å². The molecule has 0 spiro atoms. The van der Waals surface area contributed by atoms with Crippen molar-refractivity contribution in [2.45, 2.75) is 0 Å². The normalized spacial score (nSPS) is 10.8. The fraction of sp³-hybridized carbons (Fsp3) is 0. The van der Waals surface area contributed by atoms with E-state index in [0.717, 1.165) is 10.1 Å². The first-order valence-corrected chi connectivity index (χ1v) is 10.6. The number of rotatable bonds is 4. The first kappa shape index (κ1) is 19.0. The summed E-state index contributed by atoms with van der Waals surface area (Å²) in [7, 11) is 0. The molecule has 0 saturated carbocycles. The fourth-order valence-electron chi connectivity index (χ4n) is 2.61. The highest BCUT2D eigenvalue weighted by atomic mass is 35.5. The van der Waals surface area contributed by atoms with Crippen molar-refractivity contribution < 1.29 is 9.59 Å². The lowest BCUT2D eigenvalue weighted by Crippen LogP contribution is -2.12. The maximum atomic E-state index is 12.6. The number of hydrogen-bond acceptors (Lipinski definition) is 4. The second kappa shape index (κ2) is 7.93. The highest BCUT2D eigenvalue weighted by Crippen LogP contribution is 2.37. The van der Waals surface area contributed by atoms with Gasteiger partial charge in [0.25, 0.3) is 11.8 Å². The van der Waals surface area contributed by atoms with Crippen molar-refractivity contribution in [2.75, 3.05) is 10.6 Å². The maximum absolute atomic E-state index is 12.6. The third-order valence-electron chi connectivity index (χ3n) is 3.94. The molecule has 4 aromatic rings. The van der Waals surface area contributed by atoms with Crippen LogP contribution in [-0.4, -0.2) is 11.8 Å². The van der Waals surface area contributed by atoms with Gasteiger partial charge in [-0.25, -0.2) is 0 Å². The lowest BCUT2D eigenvalue weighted by atomic mass is 10.2. The summed E-state index contributed by atoms with van der Waals surface area (Å²) in [6, 6.07) is 15.8. The van der Waals surface area contributed by atoms with Crippen molar-refractivity contribution in [1.29, 1.82) is 0 Å². The van der Waals surface area contributed by atoms with Crippen LogP contribution in [0.5, 0.6) is 0 Å². The van der Waals surface area contributed by atoms with Gasteiger partial charge < -0.3 is 10.6 Å². The Morgan fingerprint density at radius 3 is 2.18 bits per heavy atom. The number of hydrogen-bond donors (Lipinski definition) is 2. The van der Waals surface area contributed by atoms with Gasteiger partial charge >= 0.3 is 0 Å². The minimum absolute atomic E-state index is 0.164. The second-order valence-corrected chi connectivity index (χ2v) is 8.66. The highest BCUT2D eigenvalue weighted by Gasteiger charge is 2.17. The molecule has 0 atom stereocenters. The van der Waals surface area contributed by atoms with E-state index in [2.05, 4.69) is 10.6 Å². The van der Waals surface area contributed by atoms with E-state index in [1.165, 1.54) is 22.7 Å². The number of fused-ring (bicyclic) bond motifs is 1. The number of anilines is 2. The van der Waals surface area contributed by atoms with E-state index in [1.54, 1.807) is 48.5 Å². The quantitative estimate of drug-likeness (QED) is 0.363. The Morgan fingerprint density at radius 1 is 0.857 bits per heavy atom. The summed E-state index contributed by atoms with van der Waals surface area (Å²) >= 11 is 15.0.